The quantitative estimate of drug-likeness (QED) is 0.705. The fourth-order valence-corrected chi connectivity index (χ4v) is 3.65. The van der Waals surface area contributed by atoms with E-state index in [1.54, 1.807) is 7.11 Å². The zero-order valence-electron chi connectivity index (χ0n) is 17.4. The molecule has 0 spiro atoms. The number of hydrogen-bond acceptors (Lipinski definition) is 5. The van der Waals surface area contributed by atoms with Gasteiger partial charge in [0.15, 0.2) is 0 Å². The van der Waals surface area contributed by atoms with Crippen LogP contribution in [-0.2, 0) is 11.2 Å². The van der Waals surface area contributed by atoms with Crippen molar-refractivity contribution in [2.24, 2.45) is 0 Å². The summed E-state index contributed by atoms with van der Waals surface area (Å²) < 4.78 is 11.1. The number of hydrogen-bond donors (Lipinski definition) is 1. The van der Waals surface area contributed by atoms with Gasteiger partial charge in [-0.05, 0) is 37.1 Å². The first kappa shape index (κ1) is 21.0. The van der Waals surface area contributed by atoms with Crippen molar-refractivity contribution in [2.45, 2.75) is 13.3 Å². The third-order valence-electron chi connectivity index (χ3n) is 5.15. The summed E-state index contributed by atoms with van der Waals surface area (Å²) in [5.41, 5.74) is 2.24. The number of ether oxygens (including phenoxy) is 2. The molecule has 0 atom stereocenters. The van der Waals surface area contributed by atoms with E-state index in [9.17, 15) is 4.79 Å². The molecule has 0 aromatic heterocycles. The van der Waals surface area contributed by atoms with E-state index >= 15 is 0 Å². The Kier molecular flexibility index (Phi) is 7.76. The number of carbonyl (C=O) groups is 1. The van der Waals surface area contributed by atoms with E-state index in [0.29, 0.717) is 19.7 Å². The Labute approximate surface area is 173 Å². The van der Waals surface area contributed by atoms with Crippen molar-refractivity contribution in [3.8, 4) is 11.5 Å². The van der Waals surface area contributed by atoms with Crippen molar-refractivity contribution in [3.05, 3.63) is 54.1 Å². The van der Waals surface area contributed by atoms with Gasteiger partial charge in [0.25, 0.3) is 0 Å². The van der Waals surface area contributed by atoms with Gasteiger partial charge in [0.05, 0.1) is 25.9 Å². The van der Waals surface area contributed by atoms with Gasteiger partial charge in [-0.25, -0.2) is 0 Å². The number of rotatable bonds is 9. The second-order valence-electron chi connectivity index (χ2n) is 7.08. The van der Waals surface area contributed by atoms with Crippen LogP contribution in [-0.4, -0.2) is 63.8 Å². The third-order valence-corrected chi connectivity index (χ3v) is 5.15. The average Bonchev–Trinajstić information content (AvgIpc) is 2.75. The highest BCUT2D eigenvalue weighted by Gasteiger charge is 2.21. The summed E-state index contributed by atoms with van der Waals surface area (Å²) >= 11 is 0. The lowest BCUT2D eigenvalue weighted by atomic mass is 10.1. The number of benzene rings is 2. The summed E-state index contributed by atoms with van der Waals surface area (Å²) in [6.45, 7) is 7.21. The molecule has 1 saturated heterocycles. The maximum Gasteiger partial charge on any atom is 0.234 e. The Morgan fingerprint density at radius 2 is 1.69 bits per heavy atom. The van der Waals surface area contributed by atoms with Crippen LogP contribution in [0, 0.1) is 0 Å². The van der Waals surface area contributed by atoms with Crippen LogP contribution in [0.1, 0.15) is 12.5 Å². The van der Waals surface area contributed by atoms with Crippen molar-refractivity contribution in [1.82, 2.24) is 10.2 Å². The van der Waals surface area contributed by atoms with Gasteiger partial charge in [0, 0.05) is 32.7 Å². The molecule has 1 aliphatic heterocycles. The highest BCUT2D eigenvalue weighted by molar-refractivity contribution is 5.78. The number of para-hydroxylation sites is 3. The SMILES string of the molecule is CCOc1ccccc1N1CCN(CC(=O)NCCc2ccccc2OC)CC1. The second kappa shape index (κ2) is 10.7. The first-order valence-electron chi connectivity index (χ1n) is 10.3. The monoisotopic (exact) mass is 397 g/mol. The average molecular weight is 398 g/mol. The molecule has 0 bridgehead atoms. The number of piperazine rings is 1. The lowest BCUT2D eigenvalue weighted by Crippen LogP contribution is -2.49. The molecule has 0 unspecified atom stereocenters. The Bertz CT molecular complexity index is 788. The van der Waals surface area contributed by atoms with Crippen molar-refractivity contribution < 1.29 is 14.3 Å². The zero-order chi connectivity index (χ0) is 20.5. The molecule has 156 valence electrons. The summed E-state index contributed by atoms with van der Waals surface area (Å²) in [5.74, 6) is 1.87. The molecule has 0 aliphatic carbocycles. The molecule has 0 saturated carbocycles. The predicted octanol–water partition coefficient (Wildman–Crippen LogP) is 2.57. The molecule has 0 radical (unpaired) electrons. The van der Waals surface area contributed by atoms with E-state index in [-0.39, 0.29) is 5.91 Å². The number of nitrogens with zero attached hydrogens (tertiary/aromatic N) is 2. The molecule has 29 heavy (non-hydrogen) atoms. The standard InChI is InChI=1S/C23H31N3O3/c1-3-29-22-11-7-5-9-20(22)26-16-14-25(15-17-26)18-23(27)24-13-12-19-8-4-6-10-21(19)28-2/h4-11H,3,12-18H2,1-2H3,(H,24,27). The Balaban J connectivity index is 1.42. The topological polar surface area (TPSA) is 54.0 Å². The number of carbonyl (C=O) groups excluding carboxylic acids is 1. The van der Waals surface area contributed by atoms with Crippen molar-refractivity contribution >= 4 is 11.6 Å². The van der Waals surface area contributed by atoms with Crippen molar-refractivity contribution in [2.75, 3.05) is 57.9 Å². The molecule has 2 aromatic carbocycles. The minimum Gasteiger partial charge on any atom is -0.496 e. The van der Waals surface area contributed by atoms with Gasteiger partial charge in [-0.2, -0.15) is 0 Å². The van der Waals surface area contributed by atoms with Crippen LogP contribution < -0.4 is 19.7 Å². The lowest BCUT2D eigenvalue weighted by Gasteiger charge is -2.36. The normalized spacial score (nSPS) is 14.5. The lowest BCUT2D eigenvalue weighted by molar-refractivity contribution is -0.122. The van der Waals surface area contributed by atoms with Gasteiger partial charge in [0.2, 0.25) is 5.91 Å². The van der Waals surface area contributed by atoms with E-state index in [0.717, 1.165) is 55.3 Å². The molecule has 6 nitrogen and oxygen atoms in total. The maximum atomic E-state index is 12.3. The fraction of sp³-hybridized carbons (Fsp3) is 0.435. The summed E-state index contributed by atoms with van der Waals surface area (Å²) in [4.78, 5) is 16.9. The first-order chi connectivity index (χ1) is 14.2. The van der Waals surface area contributed by atoms with Gasteiger partial charge < -0.3 is 19.7 Å². The second-order valence-corrected chi connectivity index (χ2v) is 7.08. The van der Waals surface area contributed by atoms with Crippen LogP contribution in [0.2, 0.25) is 0 Å². The molecule has 1 aliphatic rings. The van der Waals surface area contributed by atoms with E-state index < -0.39 is 0 Å². The highest BCUT2D eigenvalue weighted by atomic mass is 16.5. The van der Waals surface area contributed by atoms with Crippen LogP contribution in [0.5, 0.6) is 11.5 Å². The van der Waals surface area contributed by atoms with Crippen LogP contribution in [0.15, 0.2) is 48.5 Å². The first-order valence-corrected chi connectivity index (χ1v) is 10.3. The number of amides is 1. The molecule has 1 fully saturated rings. The summed E-state index contributed by atoms with van der Waals surface area (Å²) in [6.07, 6.45) is 0.762. The molecule has 6 heteroatoms. The van der Waals surface area contributed by atoms with E-state index in [4.69, 9.17) is 9.47 Å². The largest absolute Gasteiger partial charge is 0.496 e. The summed E-state index contributed by atoms with van der Waals surface area (Å²) in [5, 5.41) is 3.03. The van der Waals surface area contributed by atoms with Gasteiger partial charge in [-0.3, -0.25) is 9.69 Å². The zero-order valence-corrected chi connectivity index (χ0v) is 17.4. The number of anilines is 1. The van der Waals surface area contributed by atoms with E-state index in [2.05, 4.69) is 21.2 Å². The third kappa shape index (κ3) is 5.87. The van der Waals surface area contributed by atoms with Crippen molar-refractivity contribution in [1.29, 1.82) is 0 Å². The van der Waals surface area contributed by atoms with E-state index in [1.165, 1.54) is 0 Å². The van der Waals surface area contributed by atoms with Crippen LogP contribution in [0.3, 0.4) is 0 Å². The molecule has 2 aromatic rings. The Morgan fingerprint density at radius 3 is 2.41 bits per heavy atom. The van der Waals surface area contributed by atoms with Gasteiger partial charge in [-0.1, -0.05) is 30.3 Å². The van der Waals surface area contributed by atoms with Gasteiger partial charge >= 0.3 is 0 Å². The summed E-state index contributed by atoms with van der Waals surface area (Å²) in [7, 11) is 1.67. The van der Waals surface area contributed by atoms with Crippen LogP contribution >= 0.6 is 0 Å². The minimum atomic E-state index is 0.0723. The predicted molar refractivity (Wildman–Crippen MR) is 116 cm³/mol. The molecule has 1 N–H and O–H groups in total. The van der Waals surface area contributed by atoms with Crippen LogP contribution in [0.25, 0.3) is 0 Å². The maximum absolute atomic E-state index is 12.3. The Morgan fingerprint density at radius 1 is 1.00 bits per heavy atom. The van der Waals surface area contributed by atoms with Gasteiger partial charge in [-0.15, -0.1) is 0 Å². The smallest absolute Gasteiger partial charge is 0.234 e. The fourth-order valence-electron chi connectivity index (χ4n) is 3.65. The number of nitrogens with one attached hydrogen (secondary N) is 1. The van der Waals surface area contributed by atoms with Crippen molar-refractivity contribution in [3.63, 3.8) is 0 Å². The molecule has 1 heterocycles. The van der Waals surface area contributed by atoms with Crippen LogP contribution in [0.4, 0.5) is 5.69 Å². The molecule has 3 rings (SSSR count). The Hall–Kier alpha value is -2.73. The molecular weight excluding hydrogens is 366 g/mol. The molecular formula is C23H31N3O3. The summed E-state index contributed by atoms with van der Waals surface area (Å²) in [6, 6.07) is 16.1. The van der Waals surface area contributed by atoms with Gasteiger partial charge in [0.1, 0.15) is 11.5 Å². The number of methoxy groups -OCH3 is 1. The highest BCUT2D eigenvalue weighted by Crippen LogP contribution is 2.28. The molecule has 1 amide bonds. The minimum absolute atomic E-state index is 0.0723. The van der Waals surface area contributed by atoms with E-state index in [1.807, 2.05) is 49.4 Å².